The van der Waals surface area contributed by atoms with Crippen LogP contribution in [-0.4, -0.2) is 27.4 Å². The number of rotatable bonds is 11. The number of hydrogen-bond donors (Lipinski definition) is 0. The van der Waals surface area contributed by atoms with Gasteiger partial charge in [0, 0.05) is 44.5 Å². The summed E-state index contributed by atoms with van der Waals surface area (Å²) in [7, 11) is 3.51. The smallest absolute Gasteiger partial charge is 0.0465 e. The van der Waals surface area contributed by atoms with Crippen LogP contribution in [0, 0.1) is 0 Å². The van der Waals surface area contributed by atoms with Crippen LogP contribution in [0.4, 0.5) is 17.1 Å². The van der Waals surface area contributed by atoms with Crippen molar-refractivity contribution in [1.29, 1.82) is 0 Å². The summed E-state index contributed by atoms with van der Waals surface area (Å²) < 4.78 is 10.3. The number of hydrogen-bond acceptors (Lipinski definition) is 3. The van der Waals surface area contributed by atoms with Crippen LogP contribution in [0.2, 0.25) is 0 Å². The lowest BCUT2D eigenvalue weighted by Gasteiger charge is -2.26. The normalized spacial score (nSPS) is 10.8. The summed E-state index contributed by atoms with van der Waals surface area (Å²) in [4.78, 5) is 2.30. The number of anilines is 3. The summed E-state index contributed by atoms with van der Waals surface area (Å²) in [6, 6.07) is 28.3. The molecule has 0 spiro atoms. The minimum Gasteiger partial charge on any atom is -0.385 e. The Morgan fingerprint density at radius 1 is 0.552 bits per heavy atom. The van der Waals surface area contributed by atoms with E-state index in [0.717, 1.165) is 44.6 Å². The van der Waals surface area contributed by atoms with Crippen molar-refractivity contribution in [2.75, 3.05) is 32.3 Å². The SMILES string of the molecule is COCCCc1ccc(N(c2ccccc2)c2ccc(CCCOC)cc2)cc1. The zero-order valence-electron chi connectivity index (χ0n) is 17.5. The van der Waals surface area contributed by atoms with Crippen molar-refractivity contribution in [2.45, 2.75) is 25.7 Å². The van der Waals surface area contributed by atoms with Gasteiger partial charge in [0.25, 0.3) is 0 Å². The van der Waals surface area contributed by atoms with Crippen LogP contribution in [0.1, 0.15) is 24.0 Å². The maximum Gasteiger partial charge on any atom is 0.0465 e. The second-order valence-corrected chi connectivity index (χ2v) is 7.20. The molecule has 0 aliphatic heterocycles. The summed E-state index contributed by atoms with van der Waals surface area (Å²) in [5.74, 6) is 0. The molecule has 0 saturated heterocycles. The van der Waals surface area contributed by atoms with Crippen molar-refractivity contribution < 1.29 is 9.47 Å². The summed E-state index contributed by atoms with van der Waals surface area (Å²) >= 11 is 0. The van der Waals surface area contributed by atoms with E-state index in [4.69, 9.17) is 9.47 Å². The van der Waals surface area contributed by atoms with E-state index >= 15 is 0 Å². The molecular formula is C26H31NO2. The van der Waals surface area contributed by atoms with Gasteiger partial charge in [0.1, 0.15) is 0 Å². The summed E-state index contributed by atoms with van der Waals surface area (Å²) in [6.45, 7) is 1.60. The second-order valence-electron chi connectivity index (χ2n) is 7.20. The lowest BCUT2D eigenvalue weighted by atomic mass is 10.1. The second kappa shape index (κ2) is 11.4. The number of methoxy groups -OCH3 is 2. The molecule has 0 unspecified atom stereocenters. The first kappa shape index (κ1) is 21.1. The molecule has 0 atom stereocenters. The first-order chi connectivity index (χ1) is 14.3. The maximum absolute atomic E-state index is 5.17. The van der Waals surface area contributed by atoms with Crippen molar-refractivity contribution in [1.82, 2.24) is 0 Å². The van der Waals surface area contributed by atoms with E-state index < -0.39 is 0 Å². The van der Waals surface area contributed by atoms with Gasteiger partial charge >= 0.3 is 0 Å². The molecule has 152 valence electrons. The number of para-hydroxylation sites is 1. The topological polar surface area (TPSA) is 21.7 Å². The molecular weight excluding hydrogens is 358 g/mol. The first-order valence-electron chi connectivity index (χ1n) is 10.3. The van der Waals surface area contributed by atoms with Crippen molar-refractivity contribution in [3.8, 4) is 0 Å². The zero-order valence-corrected chi connectivity index (χ0v) is 17.5. The van der Waals surface area contributed by atoms with Gasteiger partial charge in [-0.3, -0.25) is 0 Å². The van der Waals surface area contributed by atoms with Crippen LogP contribution in [-0.2, 0) is 22.3 Å². The molecule has 0 fully saturated rings. The van der Waals surface area contributed by atoms with Crippen LogP contribution in [0.3, 0.4) is 0 Å². The highest BCUT2D eigenvalue weighted by Crippen LogP contribution is 2.34. The quantitative estimate of drug-likeness (QED) is 0.358. The maximum atomic E-state index is 5.17. The molecule has 3 rings (SSSR count). The minimum absolute atomic E-state index is 0.800. The molecule has 0 heterocycles. The highest BCUT2D eigenvalue weighted by atomic mass is 16.5. The van der Waals surface area contributed by atoms with Gasteiger partial charge in [-0.25, -0.2) is 0 Å². The van der Waals surface area contributed by atoms with Gasteiger partial charge in [-0.1, -0.05) is 42.5 Å². The molecule has 0 radical (unpaired) electrons. The van der Waals surface area contributed by atoms with Crippen LogP contribution in [0.25, 0.3) is 0 Å². The van der Waals surface area contributed by atoms with Crippen LogP contribution >= 0.6 is 0 Å². The van der Waals surface area contributed by atoms with E-state index in [9.17, 15) is 0 Å². The molecule has 0 aromatic heterocycles. The zero-order chi connectivity index (χ0) is 20.3. The number of nitrogens with zero attached hydrogens (tertiary/aromatic N) is 1. The van der Waals surface area contributed by atoms with Crippen LogP contribution < -0.4 is 4.90 Å². The summed E-state index contributed by atoms with van der Waals surface area (Å²) in [5, 5.41) is 0. The molecule has 3 heteroatoms. The molecule has 0 saturated carbocycles. The number of aryl methyl sites for hydroxylation is 2. The van der Waals surface area contributed by atoms with Crippen molar-refractivity contribution in [2.24, 2.45) is 0 Å². The fraction of sp³-hybridized carbons (Fsp3) is 0.308. The molecule has 0 amide bonds. The van der Waals surface area contributed by atoms with Crippen LogP contribution in [0.5, 0.6) is 0 Å². The predicted octanol–water partition coefficient (Wildman–Crippen LogP) is 6.31. The summed E-state index contributed by atoms with van der Waals surface area (Å²) in [6.07, 6.45) is 4.16. The Hall–Kier alpha value is -2.62. The lowest BCUT2D eigenvalue weighted by molar-refractivity contribution is 0.195. The largest absolute Gasteiger partial charge is 0.385 e. The Kier molecular flexibility index (Phi) is 8.29. The van der Waals surface area contributed by atoms with Crippen molar-refractivity contribution >= 4 is 17.1 Å². The fourth-order valence-corrected chi connectivity index (χ4v) is 3.49. The van der Waals surface area contributed by atoms with Gasteiger partial charge in [0.15, 0.2) is 0 Å². The molecule has 0 aliphatic rings. The van der Waals surface area contributed by atoms with Gasteiger partial charge in [-0.15, -0.1) is 0 Å². The Morgan fingerprint density at radius 2 is 0.966 bits per heavy atom. The highest BCUT2D eigenvalue weighted by molar-refractivity contribution is 5.76. The lowest BCUT2D eigenvalue weighted by Crippen LogP contribution is -2.10. The minimum atomic E-state index is 0.800. The average Bonchev–Trinajstić information content (AvgIpc) is 2.77. The molecule has 0 bridgehead atoms. The van der Waals surface area contributed by atoms with Gasteiger partial charge in [0.05, 0.1) is 0 Å². The van der Waals surface area contributed by atoms with Crippen molar-refractivity contribution in [3.63, 3.8) is 0 Å². The fourth-order valence-electron chi connectivity index (χ4n) is 3.49. The van der Waals surface area contributed by atoms with Gasteiger partial charge in [-0.2, -0.15) is 0 Å². The third-order valence-electron chi connectivity index (χ3n) is 5.03. The third-order valence-corrected chi connectivity index (χ3v) is 5.03. The Labute approximate surface area is 174 Å². The number of ether oxygens (including phenoxy) is 2. The average molecular weight is 390 g/mol. The van der Waals surface area contributed by atoms with Gasteiger partial charge in [-0.05, 0) is 73.2 Å². The van der Waals surface area contributed by atoms with Crippen molar-refractivity contribution in [3.05, 3.63) is 90.0 Å². The van der Waals surface area contributed by atoms with E-state index in [1.165, 1.54) is 22.5 Å². The van der Waals surface area contributed by atoms with Gasteiger partial charge < -0.3 is 14.4 Å². The highest BCUT2D eigenvalue weighted by Gasteiger charge is 2.12. The standard InChI is InChI=1S/C26H31NO2/c1-28-20-6-8-22-12-16-25(17-13-22)27(24-10-4-3-5-11-24)26-18-14-23(15-19-26)9-7-21-29-2/h3-5,10-19H,6-9,20-21H2,1-2H3. The molecule has 0 N–H and O–H groups in total. The third kappa shape index (κ3) is 6.18. The van der Waals surface area contributed by atoms with E-state index in [1.54, 1.807) is 14.2 Å². The molecule has 3 aromatic carbocycles. The first-order valence-corrected chi connectivity index (χ1v) is 10.3. The molecule has 3 nitrogen and oxygen atoms in total. The van der Waals surface area contributed by atoms with E-state index in [-0.39, 0.29) is 0 Å². The van der Waals surface area contributed by atoms with E-state index in [0.29, 0.717) is 0 Å². The Bertz CT molecular complexity index is 775. The van der Waals surface area contributed by atoms with E-state index in [1.807, 2.05) is 0 Å². The number of benzene rings is 3. The Morgan fingerprint density at radius 3 is 1.38 bits per heavy atom. The van der Waals surface area contributed by atoms with Gasteiger partial charge in [0.2, 0.25) is 0 Å². The molecule has 3 aromatic rings. The predicted molar refractivity (Wildman–Crippen MR) is 122 cm³/mol. The Balaban J connectivity index is 1.82. The van der Waals surface area contributed by atoms with Crippen LogP contribution in [0.15, 0.2) is 78.9 Å². The summed E-state index contributed by atoms with van der Waals surface area (Å²) in [5.41, 5.74) is 6.17. The monoisotopic (exact) mass is 389 g/mol. The molecule has 29 heavy (non-hydrogen) atoms. The molecule has 0 aliphatic carbocycles. The van der Waals surface area contributed by atoms with E-state index in [2.05, 4.69) is 83.8 Å².